The van der Waals surface area contributed by atoms with Crippen LogP contribution in [-0.2, 0) is 10.0 Å². The highest BCUT2D eigenvalue weighted by Gasteiger charge is 2.17. The second kappa shape index (κ2) is 5.96. The maximum Gasteiger partial charge on any atom is 0.276 e. The van der Waals surface area contributed by atoms with Crippen molar-refractivity contribution < 1.29 is 12.8 Å². The van der Waals surface area contributed by atoms with Gasteiger partial charge in [-0.1, -0.05) is 12.1 Å². The molecule has 2 aromatic rings. The molecule has 0 bridgehead atoms. The normalized spacial score (nSPS) is 12.5. The van der Waals surface area contributed by atoms with Crippen LogP contribution in [0.3, 0.4) is 0 Å². The van der Waals surface area contributed by atoms with Crippen LogP contribution in [0.15, 0.2) is 38.7 Å². The van der Waals surface area contributed by atoms with Crippen LogP contribution in [0.25, 0.3) is 0 Å². The molecule has 0 amide bonds. The van der Waals surface area contributed by atoms with Crippen LogP contribution < -0.4 is 4.83 Å². The van der Waals surface area contributed by atoms with E-state index in [2.05, 4.69) is 9.93 Å². The molecule has 0 saturated heterocycles. The molecule has 0 atom stereocenters. The summed E-state index contributed by atoms with van der Waals surface area (Å²) in [5, 5.41) is 4.01. The molecule has 118 valence electrons. The van der Waals surface area contributed by atoms with Crippen LogP contribution in [0, 0.1) is 27.7 Å². The second-order valence-electron chi connectivity index (χ2n) is 5.39. The molecule has 0 fully saturated rings. The molecule has 1 N–H and O–H groups in total. The molecule has 0 saturated carbocycles. The van der Waals surface area contributed by atoms with Crippen LogP contribution in [0.5, 0.6) is 0 Å². The van der Waals surface area contributed by atoms with E-state index >= 15 is 0 Å². The van der Waals surface area contributed by atoms with E-state index in [-0.39, 0.29) is 4.90 Å². The fraction of sp³-hybridized carbons (Fsp3) is 0.312. The van der Waals surface area contributed by atoms with Crippen molar-refractivity contribution in [2.75, 3.05) is 0 Å². The van der Waals surface area contributed by atoms with Gasteiger partial charge >= 0.3 is 0 Å². The van der Waals surface area contributed by atoms with Crippen LogP contribution in [0.1, 0.15) is 35.1 Å². The number of sulfonamides is 1. The zero-order chi connectivity index (χ0) is 16.5. The summed E-state index contributed by atoms with van der Waals surface area (Å²) in [4.78, 5) is 2.54. The lowest BCUT2D eigenvalue weighted by atomic mass is 10.2. The Hall–Kier alpha value is -2.08. The number of nitrogens with one attached hydrogen (secondary N) is 1. The van der Waals surface area contributed by atoms with Gasteiger partial charge in [-0.3, -0.25) is 0 Å². The first-order valence-corrected chi connectivity index (χ1v) is 8.40. The molecule has 2 rings (SSSR count). The SMILES string of the molecule is C/C(=N/NS(=O)(=O)c1cc(C)ccc1C)c1cc(C)oc1C. The zero-order valence-corrected chi connectivity index (χ0v) is 14.2. The fourth-order valence-corrected chi connectivity index (χ4v) is 3.41. The van der Waals surface area contributed by atoms with E-state index in [1.165, 1.54) is 0 Å². The van der Waals surface area contributed by atoms with Crippen LogP contribution in [-0.4, -0.2) is 14.1 Å². The molecule has 1 aromatic carbocycles. The van der Waals surface area contributed by atoms with E-state index in [0.29, 0.717) is 17.0 Å². The first kappa shape index (κ1) is 16.3. The van der Waals surface area contributed by atoms with Gasteiger partial charge in [0.1, 0.15) is 11.5 Å². The van der Waals surface area contributed by atoms with Crippen LogP contribution in [0.4, 0.5) is 0 Å². The Balaban J connectivity index is 2.31. The van der Waals surface area contributed by atoms with E-state index < -0.39 is 10.0 Å². The number of hydrogen-bond acceptors (Lipinski definition) is 4. The summed E-state index contributed by atoms with van der Waals surface area (Å²) >= 11 is 0. The summed E-state index contributed by atoms with van der Waals surface area (Å²) < 4.78 is 30.2. The molecule has 0 spiro atoms. The second-order valence-corrected chi connectivity index (χ2v) is 7.02. The predicted molar refractivity (Wildman–Crippen MR) is 86.6 cm³/mol. The summed E-state index contributed by atoms with van der Waals surface area (Å²) in [5.74, 6) is 1.48. The lowest BCUT2D eigenvalue weighted by Crippen LogP contribution is -2.21. The van der Waals surface area contributed by atoms with Crippen LogP contribution >= 0.6 is 0 Å². The molecule has 0 unspecified atom stereocenters. The highest BCUT2D eigenvalue weighted by Crippen LogP contribution is 2.17. The first-order chi connectivity index (χ1) is 10.2. The number of rotatable bonds is 4. The van der Waals surface area contributed by atoms with Gasteiger partial charge in [-0.15, -0.1) is 0 Å². The van der Waals surface area contributed by atoms with Crippen molar-refractivity contribution in [1.29, 1.82) is 0 Å². The lowest BCUT2D eigenvalue weighted by molar-refractivity contribution is 0.504. The van der Waals surface area contributed by atoms with Crippen molar-refractivity contribution in [2.24, 2.45) is 5.10 Å². The Labute approximate surface area is 131 Å². The number of aryl methyl sites for hydroxylation is 4. The molecular formula is C16H20N2O3S. The highest BCUT2D eigenvalue weighted by molar-refractivity contribution is 7.89. The third-order valence-corrected chi connectivity index (χ3v) is 4.75. The Morgan fingerprint density at radius 2 is 1.82 bits per heavy atom. The van der Waals surface area contributed by atoms with Crippen molar-refractivity contribution in [1.82, 2.24) is 4.83 Å². The number of furan rings is 1. The summed E-state index contributed by atoms with van der Waals surface area (Å²) in [6, 6.07) is 7.13. The van der Waals surface area contributed by atoms with Crippen molar-refractivity contribution in [3.63, 3.8) is 0 Å². The molecule has 1 heterocycles. The number of hydrazone groups is 1. The van der Waals surface area contributed by atoms with E-state index in [9.17, 15) is 8.42 Å². The maximum atomic E-state index is 12.4. The van der Waals surface area contributed by atoms with Gasteiger partial charge in [0.15, 0.2) is 0 Å². The standard InChI is InChI=1S/C16H20N2O3S/c1-10-6-7-11(2)16(8-10)22(19,20)18-17-13(4)15-9-12(3)21-14(15)5/h6-9,18H,1-5H3/b17-13-. The van der Waals surface area contributed by atoms with Gasteiger partial charge in [0.05, 0.1) is 10.6 Å². The van der Waals surface area contributed by atoms with Crippen LogP contribution in [0.2, 0.25) is 0 Å². The summed E-state index contributed by atoms with van der Waals surface area (Å²) in [6.07, 6.45) is 0. The highest BCUT2D eigenvalue weighted by atomic mass is 32.2. The number of nitrogens with zero attached hydrogens (tertiary/aromatic N) is 1. The minimum absolute atomic E-state index is 0.240. The Bertz CT molecular complexity index is 833. The van der Waals surface area contributed by atoms with Crippen molar-refractivity contribution in [2.45, 2.75) is 39.5 Å². The predicted octanol–water partition coefficient (Wildman–Crippen LogP) is 3.22. The summed E-state index contributed by atoms with van der Waals surface area (Å²) in [7, 11) is -3.69. The van der Waals surface area contributed by atoms with E-state index in [1.807, 2.05) is 32.9 Å². The molecule has 0 radical (unpaired) electrons. The Morgan fingerprint density at radius 3 is 2.41 bits per heavy atom. The Kier molecular flexibility index (Phi) is 4.42. The third-order valence-electron chi connectivity index (χ3n) is 3.40. The summed E-state index contributed by atoms with van der Waals surface area (Å²) in [6.45, 7) is 9.01. The lowest BCUT2D eigenvalue weighted by Gasteiger charge is -2.08. The Morgan fingerprint density at radius 1 is 1.14 bits per heavy atom. The average Bonchev–Trinajstić information content (AvgIpc) is 2.78. The van der Waals surface area contributed by atoms with Gasteiger partial charge in [-0.2, -0.15) is 18.4 Å². The molecule has 0 aliphatic heterocycles. The van der Waals surface area contributed by atoms with Gasteiger partial charge in [-0.25, -0.2) is 0 Å². The quantitative estimate of drug-likeness (QED) is 0.694. The molecule has 0 aliphatic rings. The third kappa shape index (κ3) is 3.39. The molecule has 22 heavy (non-hydrogen) atoms. The van der Waals surface area contributed by atoms with Gasteiger partial charge in [0.2, 0.25) is 0 Å². The fourth-order valence-electron chi connectivity index (χ4n) is 2.22. The van der Waals surface area contributed by atoms with Crippen molar-refractivity contribution in [3.8, 4) is 0 Å². The minimum atomic E-state index is -3.69. The minimum Gasteiger partial charge on any atom is -0.466 e. The molecule has 1 aromatic heterocycles. The number of benzene rings is 1. The zero-order valence-electron chi connectivity index (χ0n) is 13.4. The van der Waals surface area contributed by atoms with E-state index in [1.54, 1.807) is 26.0 Å². The molecule has 0 aliphatic carbocycles. The molecule has 6 heteroatoms. The summed E-state index contributed by atoms with van der Waals surface area (Å²) in [5.41, 5.74) is 2.92. The maximum absolute atomic E-state index is 12.4. The topological polar surface area (TPSA) is 71.7 Å². The molecule has 5 nitrogen and oxygen atoms in total. The van der Waals surface area contributed by atoms with E-state index in [4.69, 9.17) is 4.42 Å². The van der Waals surface area contributed by atoms with E-state index in [0.717, 1.165) is 16.9 Å². The first-order valence-electron chi connectivity index (χ1n) is 6.91. The monoisotopic (exact) mass is 320 g/mol. The average molecular weight is 320 g/mol. The smallest absolute Gasteiger partial charge is 0.276 e. The van der Waals surface area contributed by atoms with Crippen molar-refractivity contribution in [3.05, 3.63) is 52.5 Å². The largest absolute Gasteiger partial charge is 0.466 e. The van der Waals surface area contributed by atoms with Gasteiger partial charge < -0.3 is 4.42 Å². The molecular weight excluding hydrogens is 300 g/mol. The van der Waals surface area contributed by atoms with Gasteiger partial charge in [-0.05, 0) is 57.9 Å². The number of hydrogen-bond donors (Lipinski definition) is 1. The van der Waals surface area contributed by atoms with Crippen molar-refractivity contribution >= 4 is 15.7 Å². The van der Waals surface area contributed by atoms with Gasteiger partial charge in [0, 0.05) is 5.56 Å². The van der Waals surface area contributed by atoms with Gasteiger partial charge in [0.25, 0.3) is 10.0 Å².